The van der Waals surface area contributed by atoms with E-state index in [0.29, 0.717) is 27.4 Å². The zero-order valence-electron chi connectivity index (χ0n) is 14.1. The van der Waals surface area contributed by atoms with Crippen LogP contribution in [0, 0.1) is 0 Å². The maximum atomic E-state index is 6.20. The number of thioether (sulfide) groups is 1. The molecule has 0 aliphatic carbocycles. The second-order valence-electron chi connectivity index (χ2n) is 5.61. The summed E-state index contributed by atoms with van der Waals surface area (Å²) >= 11 is 19.9. The molecule has 26 heavy (non-hydrogen) atoms. The van der Waals surface area contributed by atoms with Crippen LogP contribution in [0.2, 0.25) is 15.1 Å². The number of aromatic nitrogens is 3. The minimum atomic E-state index is -0.335. The molecule has 0 aliphatic heterocycles. The number of hydrogen-bond acceptors (Lipinski definition) is 4. The normalized spacial score (nSPS) is 12.2. The number of nitrogens with zero attached hydrogens (tertiary/aromatic N) is 3. The summed E-state index contributed by atoms with van der Waals surface area (Å²) in [5, 5.41) is 11.1. The molecule has 136 valence electrons. The van der Waals surface area contributed by atoms with Crippen LogP contribution in [0.4, 0.5) is 0 Å². The molecule has 0 saturated carbocycles. The molecule has 2 aromatic carbocycles. The van der Waals surface area contributed by atoms with E-state index in [0.717, 1.165) is 15.7 Å². The molecule has 0 aliphatic rings. The molecular weight excluding hydrogens is 413 g/mol. The highest BCUT2D eigenvalue weighted by Gasteiger charge is 2.18. The number of benzene rings is 2. The highest BCUT2D eigenvalue weighted by molar-refractivity contribution is 7.98. The third-order valence-electron chi connectivity index (χ3n) is 3.74. The average Bonchev–Trinajstić information content (AvgIpc) is 2.98. The quantitative estimate of drug-likeness (QED) is 0.438. The maximum absolute atomic E-state index is 6.20. The predicted molar refractivity (Wildman–Crippen MR) is 108 cm³/mol. The molecule has 3 aromatic rings. The summed E-state index contributed by atoms with van der Waals surface area (Å²) in [6, 6.07) is 12.9. The minimum Gasteiger partial charge on any atom is -0.481 e. The lowest BCUT2D eigenvalue weighted by Gasteiger charge is -2.15. The van der Waals surface area contributed by atoms with Gasteiger partial charge in [-0.2, -0.15) is 0 Å². The van der Waals surface area contributed by atoms with Crippen LogP contribution < -0.4 is 4.74 Å². The van der Waals surface area contributed by atoms with E-state index < -0.39 is 0 Å². The molecule has 0 saturated heterocycles. The van der Waals surface area contributed by atoms with Gasteiger partial charge in [-0.15, -0.1) is 10.2 Å². The summed E-state index contributed by atoms with van der Waals surface area (Å²) in [4.78, 5) is 0. The monoisotopic (exact) mass is 427 g/mol. The van der Waals surface area contributed by atoms with Crippen LogP contribution in [0.15, 0.2) is 47.6 Å². The van der Waals surface area contributed by atoms with Crippen molar-refractivity contribution >= 4 is 46.6 Å². The fourth-order valence-electron chi connectivity index (χ4n) is 2.37. The summed E-state index contributed by atoms with van der Waals surface area (Å²) in [5.74, 6) is 1.92. The second kappa shape index (κ2) is 8.53. The Morgan fingerprint density at radius 3 is 2.62 bits per heavy atom. The first-order valence-electron chi connectivity index (χ1n) is 7.83. The summed E-state index contributed by atoms with van der Waals surface area (Å²) in [6.07, 6.45) is -0.335. The molecule has 3 rings (SSSR count). The van der Waals surface area contributed by atoms with Gasteiger partial charge >= 0.3 is 0 Å². The van der Waals surface area contributed by atoms with Gasteiger partial charge in [0.25, 0.3) is 0 Å². The van der Waals surface area contributed by atoms with E-state index in [1.54, 1.807) is 30.0 Å². The molecule has 0 spiro atoms. The van der Waals surface area contributed by atoms with E-state index in [-0.39, 0.29) is 6.10 Å². The van der Waals surface area contributed by atoms with E-state index in [1.807, 2.05) is 42.8 Å². The zero-order valence-corrected chi connectivity index (χ0v) is 17.2. The van der Waals surface area contributed by atoms with Gasteiger partial charge in [0.1, 0.15) is 5.75 Å². The van der Waals surface area contributed by atoms with Crippen molar-refractivity contribution in [2.45, 2.75) is 23.9 Å². The Balaban J connectivity index is 1.71. The van der Waals surface area contributed by atoms with Crippen molar-refractivity contribution in [3.8, 4) is 5.75 Å². The molecule has 8 heteroatoms. The van der Waals surface area contributed by atoms with E-state index in [4.69, 9.17) is 39.5 Å². The van der Waals surface area contributed by atoms with Crippen LogP contribution in [0.3, 0.4) is 0 Å². The Hall–Kier alpha value is -1.40. The van der Waals surface area contributed by atoms with Gasteiger partial charge in [-0.05, 0) is 30.7 Å². The smallest absolute Gasteiger partial charge is 0.191 e. The summed E-state index contributed by atoms with van der Waals surface area (Å²) in [5.41, 5.74) is 1.05. The van der Waals surface area contributed by atoms with Gasteiger partial charge in [0.05, 0.1) is 5.02 Å². The number of hydrogen-bond donors (Lipinski definition) is 0. The van der Waals surface area contributed by atoms with Crippen molar-refractivity contribution in [1.29, 1.82) is 0 Å². The van der Waals surface area contributed by atoms with Crippen molar-refractivity contribution in [2.75, 3.05) is 0 Å². The highest BCUT2D eigenvalue weighted by atomic mass is 35.5. The van der Waals surface area contributed by atoms with E-state index in [2.05, 4.69) is 10.2 Å². The molecule has 0 bridgehead atoms. The Morgan fingerprint density at radius 2 is 1.85 bits per heavy atom. The standard InChI is InChI=1S/C18H16Cl3N3OS/c1-11(25-16-9-13(19)7-8-15(16)21)17-22-23-18(24(17)2)26-10-12-5-3-4-6-14(12)20/h3-9,11H,10H2,1-2H3. The van der Waals surface area contributed by atoms with Gasteiger partial charge in [-0.1, -0.05) is 64.8 Å². The SMILES string of the molecule is CC(Oc1cc(Cl)ccc1Cl)c1nnc(SCc2ccccc2Cl)n1C. The Bertz CT molecular complexity index is 916. The van der Waals surface area contributed by atoms with E-state index in [9.17, 15) is 0 Å². The van der Waals surface area contributed by atoms with Gasteiger partial charge in [0.2, 0.25) is 0 Å². The highest BCUT2D eigenvalue weighted by Crippen LogP contribution is 2.32. The maximum Gasteiger partial charge on any atom is 0.191 e. The molecule has 1 aromatic heterocycles. The van der Waals surface area contributed by atoms with E-state index in [1.165, 1.54) is 0 Å². The van der Waals surface area contributed by atoms with E-state index >= 15 is 0 Å². The van der Waals surface area contributed by atoms with Crippen molar-refractivity contribution < 1.29 is 4.74 Å². The first-order chi connectivity index (χ1) is 12.5. The summed E-state index contributed by atoms with van der Waals surface area (Å²) in [7, 11) is 1.91. The topological polar surface area (TPSA) is 39.9 Å². The van der Waals surface area contributed by atoms with Crippen LogP contribution in [0.25, 0.3) is 0 Å². The molecule has 1 heterocycles. The van der Waals surface area contributed by atoms with Crippen LogP contribution in [0.5, 0.6) is 5.75 Å². The first-order valence-corrected chi connectivity index (χ1v) is 9.95. The molecular formula is C18H16Cl3N3OS. The fraction of sp³-hybridized carbons (Fsp3) is 0.222. The third kappa shape index (κ3) is 4.46. The zero-order chi connectivity index (χ0) is 18.7. The molecule has 0 radical (unpaired) electrons. The second-order valence-corrected chi connectivity index (χ2v) is 7.81. The van der Waals surface area contributed by atoms with Crippen molar-refractivity contribution in [1.82, 2.24) is 14.8 Å². The summed E-state index contributed by atoms with van der Waals surface area (Å²) < 4.78 is 7.83. The lowest BCUT2D eigenvalue weighted by Crippen LogP contribution is -2.10. The van der Waals surface area contributed by atoms with Crippen molar-refractivity contribution in [3.05, 3.63) is 68.9 Å². The third-order valence-corrected chi connectivity index (χ3v) is 5.73. The number of ether oxygens (including phenoxy) is 1. The number of rotatable bonds is 6. The average molecular weight is 429 g/mol. The molecule has 1 atom stereocenters. The minimum absolute atomic E-state index is 0.335. The largest absolute Gasteiger partial charge is 0.481 e. The van der Waals surface area contributed by atoms with Crippen molar-refractivity contribution in [2.24, 2.45) is 7.05 Å². The van der Waals surface area contributed by atoms with Crippen LogP contribution in [-0.2, 0) is 12.8 Å². The first kappa shape index (κ1) is 19.4. The van der Waals surface area contributed by atoms with Crippen LogP contribution in [-0.4, -0.2) is 14.8 Å². The van der Waals surface area contributed by atoms with Gasteiger partial charge in [0, 0.05) is 28.9 Å². The molecule has 4 nitrogen and oxygen atoms in total. The molecule has 0 amide bonds. The summed E-state index contributed by atoms with van der Waals surface area (Å²) in [6.45, 7) is 1.89. The fourth-order valence-corrected chi connectivity index (χ4v) is 3.90. The lowest BCUT2D eigenvalue weighted by molar-refractivity contribution is 0.211. The Labute approximate surface area is 171 Å². The molecule has 0 fully saturated rings. The van der Waals surface area contributed by atoms with Crippen LogP contribution >= 0.6 is 46.6 Å². The van der Waals surface area contributed by atoms with Gasteiger partial charge in [-0.3, -0.25) is 0 Å². The lowest BCUT2D eigenvalue weighted by atomic mass is 10.2. The molecule has 0 N–H and O–H groups in total. The Morgan fingerprint density at radius 1 is 1.08 bits per heavy atom. The van der Waals surface area contributed by atoms with Gasteiger partial charge < -0.3 is 9.30 Å². The van der Waals surface area contributed by atoms with Gasteiger partial charge in [0.15, 0.2) is 17.1 Å². The van der Waals surface area contributed by atoms with Gasteiger partial charge in [-0.25, -0.2) is 0 Å². The number of halogens is 3. The van der Waals surface area contributed by atoms with Crippen molar-refractivity contribution in [3.63, 3.8) is 0 Å². The Kier molecular flexibility index (Phi) is 6.35. The van der Waals surface area contributed by atoms with Crippen LogP contribution in [0.1, 0.15) is 24.4 Å². The molecule has 1 unspecified atom stereocenters. The predicted octanol–water partition coefficient (Wildman–Crippen LogP) is 6.21.